The zero-order chi connectivity index (χ0) is 16.9. The van der Waals surface area contributed by atoms with E-state index < -0.39 is 10.0 Å². The lowest BCUT2D eigenvalue weighted by Crippen LogP contribution is -2.44. The Kier molecular flexibility index (Phi) is 6.12. The van der Waals surface area contributed by atoms with Gasteiger partial charge in [-0.15, -0.1) is 0 Å². The average molecular weight is 342 g/mol. The van der Waals surface area contributed by atoms with Crippen LogP contribution < -0.4 is 5.32 Å². The first kappa shape index (κ1) is 17.9. The van der Waals surface area contributed by atoms with Crippen LogP contribution in [-0.2, 0) is 14.8 Å². The number of hydrogen-bond donors (Lipinski definition) is 1. The van der Waals surface area contributed by atoms with Gasteiger partial charge < -0.3 is 5.32 Å². The molecule has 1 aromatic carbocycles. The standard InChI is InChI=1S/C16H23FN2O3S/c1-2-3-11-23(21,22)19-10-4-5-13(12-19)16(20)18-15-8-6-14(17)7-9-15/h6-9,13H,2-5,10-12H2,1H3,(H,18,20)/t13-/m0/s1. The minimum Gasteiger partial charge on any atom is -0.326 e. The highest BCUT2D eigenvalue weighted by Gasteiger charge is 2.31. The van der Waals surface area contributed by atoms with Crippen molar-refractivity contribution in [3.05, 3.63) is 30.1 Å². The Balaban J connectivity index is 1.97. The average Bonchev–Trinajstić information content (AvgIpc) is 2.55. The lowest BCUT2D eigenvalue weighted by atomic mass is 9.99. The lowest BCUT2D eigenvalue weighted by molar-refractivity contribution is -0.120. The topological polar surface area (TPSA) is 66.5 Å². The Labute approximate surface area is 136 Å². The van der Waals surface area contributed by atoms with Gasteiger partial charge in [0.25, 0.3) is 0 Å². The lowest BCUT2D eigenvalue weighted by Gasteiger charge is -2.31. The molecular formula is C16H23FN2O3S. The van der Waals surface area contributed by atoms with Gasteiger partial charge in [-0.3, -0.25) is 4.79 Å². The maximum atomic E-state index is 12.9. The monoisotopic (exact) mass is 342 g/mol. The fourth-order valence-corrected chi connectivity index (χ4v) is 4.37. The van der Waals surface area contributed by atoms with E-state index in [1.807, 2.05) is 6.92 Å². The van der Waals surface area contributed by atoms with Crippen molar-refractivity contribution >= 4 is 21.6 Å². The maximum Gasteiger partial charge on any atom is 0.228 e. The first-order valence-electron chi connectivity index (χ1n) is 7.96. The van der Waals surface area contributed by atoms with Gasteiger partial charge in [-0.2, -0.15) is 0 Å². The molecule has 7 heteroatoms. The molecule has 0 aromatic heterocycles. The number of benzene rings is 1. The summed E-state index contributed by atoms with van der Waals surface area (Å²) in [7, 11) is -3.29. The van der Waals surface area contributed by atoms with Crippen molar-refractivity contribution in [1.82, 2.24) is 4.31 Å². The third-order valence-corrected chi connectivity index (χ3v) is 5.94. The number of anilines is 1. The van der Waals surface area contributed by atoms with Gasteiger partial charge in [-0.25, -0.2) is 17.1 Å². The molecule has 128 valence electrons. The molecule has 0 aliphatic carbocycles. The largest absolute Gasteiger partial charge is 0.326 e. The van der Waals surface area contributed by atoms with Crippen LogP contribution in [0.25, 0.3) is 0 Å². The molecule has 1 aromatic rings. The minimum atomic E-state index is -3.29. The molecule has 2 rings (SSSR count). The molecule has 1 saturated heterocycles. The van der Waals surface area contributed by atoms with Crippen molar-refractivity contribution < 1.29 is 17.6 Å². The van der Waals surface area contributed by atoms with Crippen LogP contribution in [0, 0.1) is 11.7 Å². The molecule has 0 radical (unpaired) electrons. The van der Waals surface area contributed by atoms with E-state index in [1.165, 1.54) is 28.6 Å². The molecule has 1 heterocycles. The zero-order valence-corrected chi connectivity index (χ0v) is 14.1. The first-order valence-corrected chi connectivity index (χ1v) is 9.57. The number of rotatable bonds is 6. The van der Waals surface area contributed by atoms with Crippen LogP contribution in [0.3, 0.4) is 0 Å². The number of nitrogens with one attached hydrogen (secondary N) is 1. The van der Waals surface area contributed by atoms with E-state index in [0.29, 0.717) is 31.5 Å². The molecule has 23 heavy (non-hydrogen) atoms. The van der Waals surface area contributed by atoms with Crippen LogP contribution in [0.15, 0.2) is 24.3 Å². The van der Waals surface area contributed by atoms with Crippen LogP contribution in [0.5, 0.6) is 0 Å². The summed E-state index contributed by atoms with van der Waals surface area (Å²) in [4.78, 5) is 12.3. The zero-order valence-electron chi connectivity index (χ0n) is 13.3. The van der Waals surface area contributed by atoms with E-state index in [-0.39, 0.29) is 29.9 Å². The summed E-state index contributed by atoms with van der Waals surface area (Å²) in [6.07, 6.45) is 2.78. The van der Waals surface area contributed by atoms with Crippen LogP contribution in [0.4, 0.5) is 10.1 Å². The van der Waals surface area contributed by atoms with Crippen molar-refractivity contribution in [3.8, 4) is 0 Å². The number of hydrogen-bond acceptors (Lipinski definition) is 3. The fraction of sp³-hybridized carbons (Fsp3) is 0.562. The molecule has 1 N–H and O–H groups in total. The summed E-state index contributed by atoms with van der Waals surface area (Å²) in [6.45, 7) is 2.65. The Morgan fingerprint density at radius 3 is 2.70 bits per heavy atom. The second-order valence-corrected chi connectivity index (χ2v) is 7.95. The summed E-state index contributed by atoms with van der Waals surface area (Å²) in [6, 6.07) is 5.54. The number of halogens is 1. The number of carbonyl (C=O) groups excluding carboxylic acids is 1. The number of carbonyl (C=O) groups is 1. The van der Waals surface area contributed by atoms with E-state index in [0.717, 1.165) is 6.42 Å². The molecule has 5 nitrogen and oxygen atoms in total. The van der Waals surface area contributed by atoms with E-state index in [1.54, 1.807) is 0 Å². The van der Waals surface area contributed by atoms with Gasteiger partial charge in [0.05, 0.1) is 11.7 Å². The predicted molar refractivity (Wildman–Crippen MR) is 88.0 cm³/mol. The Morgan fingerprint density at radius 1 is 1.35 bits per heavy atom. The third kappa shape index (κ3) is 5.00. The predicted octanol–water partition coefficient (Wildman–Crippen LogP) is 2.61. The van der Waals surface area contributed by atoms with Gasteiger partial charge in [0.2, 0.25) is 15.9 Å². The third-order valence-electron chi connectivity index (χ3n) is 4.02. The quantitative estimate of drug-likeness (QED) is 0.864. The number of piperidine rings is 1. The van der Waals surface area contributed by atoms with Crippen LogP contribution in [0.2, 0.25) is 0 Å². The molecule has 1 atom stereocenters. The Morgan fingerprint density at radius 2 is 2.04 bits per heavy atom. The van der Waals surface area contributed by atoms with Crippen molar-refractivity contribution in [1.29, 1.82) is 0 Å². The van der Waals surface area contributed by atoms with Crippen molar-refractivity contribution in [3.63, 3.8) is 0 Å². The Bertz CT molecular complexity index is 631. The molecule has 1 aliphatic heterocycles. The smallest absolute Gasteiger partial charge is 0.228 e. The highest BCUT2D eigenvalue weighted by molar-refractivity contribution is 7.89. The van der Waals surface area contributed by atoms with Gasteiger partial charge in [-0.1, -0.05) is 13.3 Å². The molecule has 0 spiro atoms. The van der Waals surface area contributed by atoms with Crippen molar-refractivity contribution in [2.75, 3.05) is 24.2 Å². The van der Waals surface area contributed by atoms with Gasteiger partial charge in [-0.05, 0) is 43.5 Å². The van der Waals surface area contributed by atoms with Gasteiger partial charge >= 0.3 is 0 Å². The molecule has 1 amide bonds. The van der Waals surface area contributed by atoms with E-state index >= 15 is 0 Å². The normalized spacial score (nSPS) is 19.5. The molecular weight excluding hydrogens is 319 g/mol. The van der Waals surface area contributed by atoms with E-state index in [4.69, 9.17) is 0 Å². The van der Waals surface area contributed by atoms with Crippen LogP contribution in [-0.4, -0.2) is 37.5 Å². The summed E-state index contributed by atoms with van der Waals surface area (Å²) in [5, 5.41) is 2.73. The fourth-order valence-electron chi connectivity index (χ4n) is 2.64. The van der Waals surface area contributed by atoms with Crippen molar-refractivity contribution in [2.45, 2.75) is 32.6 Å². The molecule has 1 fully saturated rings. The van der Waals surface area contributed by atoms with Crippen LogP contribution in [0.1, 0.15) is 32.6 Å². The SMILES string of the molecule is CCCCS(=O)(=O)N1CCC[C@H](C(=O)Nc2ccc(F)cc2)C1. The summed E-state index contributed by atoms with van der Waals surface area (Å²) in [5.41, 5.74) is 0.516. The number of amides is 1. The van der Waals surface area contributed by atoms with Gasteiger partial charge in [0, 0.05) is 18.8 Å². The second-order valence-electron chi connectivity index (χ2n) is 5.86. The number of sulfonamides is 1. The molecule has 0 unspecified atom stereocenters. The van der Waals surface area contributed by atoms with Gasteiger partial charge in [0.1, 0.15) is 5.82 Å². The molecule has 0 bridgehead atoms. The van der Waals surface area contributed by atoms with Gasteiger partial charge in [0.15, 0.2) is 0 Å². The summed E-state index contributed by atoms with van der Waals surface area (Å²) in [5.74, 6) is -0.818. The second kappa shape index (κ2) is 7.88. The van der Waals surface area contributed by atoms with Crippen LogP contribution >= 0.6 is 0 Å². The molecule has 1 aliphatic rings. The first-order chi connectivity index (χ1) is 10.9. The number of unbranched alkanes of at least 4 members (excludes halogenated alkanes) is 1. The molecule has 0 saturated carbocycles. The highest BCUT2D eigenvalue weighted by Crippen LogP contribution is 2.22. The maximum absolute atomic E-state index is 12.9. The number of nitrogens with zero attached hydrogens (tertiary/aromatic N) is 1. The van der Waals surface area contributed by atoms with Crippen molar-refractivity contribution in [2.24, 2.45) is 5.92 Å². The van der Waals surface area contributed by atoms with E-state index in [9.17, 15) is 17.6 Å². The summed E-state index contributed by atoms with van der Waals surface area (Å²) < 4.78 is 38.8. The highest BCUT2D eigenvalue weighted by atomic mass is 32.2. The Hall–Kier alpha value is -1.47. The summed E-state index contributed by atoms with van der Waals surface area (Å²) >= 11 is 0. The van der Waals surface area contributed by atoms with E-state index in [2.05, 4.69) is 5.32 Å². The minimum absolute atomic E-state index is 0.135.